The number of nitrogens with zero attached hydrogens (tertiary/aromatic N) is 1. The van der Waals surface area contributed by atoms with Crippen LogP contribution in [0.4, 0.5) is 0 Å². The molecule has 0 bridgehead atoms. The van der Waals surface area contributed by atoms with E-state index in [2.05, 4.69) is 25.1 Å². The summed E-state index contributed by atoms with van der Waals surface area (Å²) in [4.78, 5) is 16.7. The molecule has 1 aromatic heterocycles. The van der Waals surface area contributed by atoms with Crippen LogP contribution in [-0.4, -0.2) is 10.8 Å². The third-order valence-corrected chi connectivity index (χ3v) is 3.84. The van der Waals surface area contributed by atoms with Crippen molar-refractivity contribution in [1.29, 1.82) is 0 Å². The zero-order chi connectivity index (χ0) is 12.7. The van der Waals surface area contributed by atoms with E-state index in [4.69, 9.17) is 4.98 Å². The molecule has 2 nitrogen and oxygen atoms in total. The molecule has 92 valence electrons. The zero-order valence-corrected chi connectivity index (χ0v) is 10.9. The summed E-state index contributed by atoms with van der Waals surface area (Å²) in [5.41, 5.74) is 5.49. The molecule has 0 atom stereocenters. The smallest absolute Gasteiger partial charge is 0.160 e. The number of Topliss-reactive ketones (excluding diaryl/α,β-unsaturated/α-hetero) is 1. The van der Waals surface area contributed by atoms with Crippen molar-refractivity contribution in [2.75, 3.05) is 0 Å². The Labute approximate surface area is 107 Å². The fourth-order valence-corrected chi connectivity index (χ4v) is 2.93. The van der Waals surface area contributed by atoms with Crippen molar-refractivity contribution >= 4 is 16.7 Å². The molecule has 0 spiro atoms. The third kappa shape index (κ3) is 1.64. The highest BCUT2D eigenvalue weighted by Crippen LogP contribution is 2.30. The Balaban J connectivity index is 2.39. The Bertz CT molecular complexity index is 643. The lowest BCUT2D eigenvalue weighted by Gasteiger charge is -2.10. The van der Waals surface area contributed by atoms with E-state index in [1.165, 1.54) is 11.1 Å². The van der Waals surface area contributed by atoms with Crippen LogP contribution in [0.5, 0.6) is 0 Å². The molecule has 0 aliphatic heterocycles. The predicted molar refractivity (Wildman–Crippen MR) is 73.2 cm³/mol. The molecule has 1 aliphatic rings. The van der Waals surface area contributed by atoms with Crippen molar-refractivity contribution in [3.63, 3.8) is 0 Å². The number of carbonyl (C=O) groups excluding carboxylic acids is 1. The van der Waals surface area contributed by atoms with Gasteiger partial charge in [-0.05, 0) is 55.9 Å². The van der Waals surface area contributed by atoms with E-state index < -0.39 is 0 Å². The Morgan fingerprint density at radius 3 is 2.89 bits per heavy atom. The Hall–Kier alpha value is -1.70. The lowest BCUT2D eigenvalue weighted by molar-refractivity contribution is 0.101. The van der Waals surface area contributed by atoms with E-state index in [0.29, 0.717) is 0 Å². The number of aromatic nitrogens is 1. The van der Waals surface area contributed by atoms with Crippen LogP contribution in [0.1, 0.15) is 47.4 Å². The fraction of sp³-hybridized carbons (Fsp3) is 0.375. The summed E-state index contributed by atoms with van der Waals surface area (Å²) >= 11 is 0. The van der Waals surface area contributed by atoms with E-state index >= 15 is 0 Å². The van der Waals surface area contributed by atoms with E-state index in [1.807, 2.05) is 0 Å². The highest BCUT2D eigenvalue weighted by atomic mass is 16.1. The molecule has 2 aromatic rings. The predicted octanol–water partition coefficient (Wildman–Crippen LogP) is 3.49. The van der Waals surface area contributed by atoms with E-state index in [-0.39, 0.29) is 5.78 Å². The number of carbonyl (C=O) groups is 1. The molecule has 1 heterocycles. The van der Waals surface area contributed by atoms with Crippen LogP contribution in [0.3, 0.4) is 0 Å². The lowest BCUT2D eigenvalue weighted by Crippen LogP contribution is -2.03. The van der Waals surface area contributed by atoms with Crippen molar-refractivity contribution in [2.24, 2.45) is 0 Å². The van der Waals surface area contributed by atoms with Crippen LogP contribution in [-0.2, 0) is 19.3 Å². The zero-order valence-electron chi connectivity index (χ0n) is 10.9. The number of aryl methyl sites for hydroxylation is 2. The van der Waals surface area contributed by atoms with Crippen molar-refractivity contribution in [1.82, 2.24) is 4.98 Å². The Kier molecular flexibility index (Phi) is 2.66. The fourth-order valence-electron chi connectivity index (χ4n) is 2.93. The number of fused-ring (bicyclic) bond motifs is 2. The average Bonchev–Trinajstić information content (AvgIpc) is 2.82. The maximum Gasteiger partial charge on any atom is 0.160 e. The molecule has 0 N–H and O–H groups in total. The van der Waals surface area contributed by atoms with Gasteiger partial charge in [-0.3, -0.25) is 9.78 Å². The monoisotopic (exact) mass is 239 g/mol. The van der Waals surface area contributed by atoms with Gasteiger partial charge >= 0.3 is 0 Å². The minimum Gasteiger partial charge on any atom is -0.294 e. The van der Waals surface area contributed by atoms with E-state index in [9.17, 15) is 4.79 Å². The summed E-state index contributed by atoms with van der Waals surface area (Å²) < 4.78 is 0. The molecule has 0 amide bonds. The van der Waals surface area contributed by atoms with Gasteiger partial charge in [0.2, 0.25) is 0 Å². The van der Waals surface area contributed by atoms with Crippen LogP contribution < -0.4 is 0 Å². The summed E-state index contributed by atoms with van der Waals surface area (Å²) in [7, 11) is 0. The van der Waals surface area contributed by atoms with Gasteiger partial charge in [0.05, 0.1) is 5.52 Å². The molecular formula is C16H17NO. The van der Waals surface area contributed by atoms with E-state index in [0.717, 1.165) is 47.8 Å². The van der Waals surface area contributed by atoms with Crippen molar-refractivity contribution in [3.8, 4) is 0 Å². The summed E-state index contributed by atoms with van der Waals surface area (Å²) in [6.45, 7) is 3.81. The van der Waals surface area contributed by atoms with Crippen LogP contribution in [0, 0.1) is 0 Å². The number of hydrogen-bond donors (Lipinski definition) is 0. The van der Waals surface area contributed by atoms with Gasteiger partial charge in [-0.25, -0.2) is 0 Å². The minimum atomic E-state index is 0.175. The number of hydrogen-bond acceptors (Lipinski definition) is 2. The van der Waals surface area contributed by atoms with Gasteiger partial charge < -0.3 is 0 Å². The van der Waals surface area contributed by atoms with Crippen molar-refractivity contribution in [3.05, 3.63) is 40.6 Å². The normalized spacial score (nSPS) is 13.9. The van der Waals surface area contributed by atoms with Crippen molar-refractivity contribution in [2.45, 2.75) is 39.5 Å². The second-order valence-electron chi connectivity index (χ2n) is 5.03. The van der Waals surface area contributed by atoms with Crippen LogP contribution in [0.15, 0.2) is 18.2 Å². The minimum absolute atomic E-state index is 0.175. The summed E-state index contributed by atoms with van der Waals surface area (Å²) in [6.07, 6.45) is 4.13. The molecule has 0 saturated heterocycles. The summed E-state index contributed by atoms with van der Waals surface area (Å²) in [5.74, 6) is 0.175. The Morgan fingerprint density at radius 1 is 1.33 bits per heavy atom. The topological polar surface area (TPSA) is 30.0 Å². The highest BCUT2D eigenvalue weighted by Gasteiger charge is 2.21. The molecule has 1 aromatic carbocycles. The quantitative estimate of drug-likeness (QED) is 0.751. The number of pyridine rings is 1. The molecule has 0 radical (unpaired) electrons. The molecule has 2 heteroatoms. The van der Waals surface area contributed by atoms with Gasteiger partial charge in [0.1, 0.15) is 0 Å². The number of rotatable bonds is 2. The molecule has 0 saturated carbocycles. The molecule has 0 unspecified atom stereocenters. The van der Waals surface area contributed by atoms with Gasteiger partial charge in [-0.15, -0.1) is 0 Å². The maximum absolute atomic E-state index is 12.0. The first-order valence-corrected chi connectivity index (χ1v) is 6.66. The van der Waals surface area contributed by atoms with Crippen LogP contribution in [0.25, 0.3) is 10.9 Å². The van der Waals surface area contributed by atoms with Crippen LogP contribution >= 0.6 is 0 Å². The third-order valence-electron chi connectivity index (χ3n) is 3.84. The Morgan fingerprint density at radius 2 is 2.17 bits per heavy atom. The largest absolute Gasteiger partial charge is 0.294 e. The molecular weight excluding hydrogens is 222 g/mol. The summed E-state index contributed by atoms with van der Waals surface area (Å²) in [5, 5.41) is 1.04. The number of ketones is 1. The first kappa shape index (κ1) is 11.4. The van der Waals surface area contributed by atoms with Gasteiger partial charge in [0, 0.05) is 16.6 Å². The van der Waals surface area contributed by atoms with Gasteiger partial charge in [0.15, 0.2) is 5.78 Å². The standard InChI is InChI=1S/C16H17NO/c1-3-11-7-8-15-13(9-11)16(10(2)18)12-5-4-6-14(12)17-15/h7-9H,3-6H2,1-2H3. The SMILES string of the molecule is CCc1ccc2nc3c(c(C(C)=O)c2c1)CCC3. The maximum atomic E-state index is 12.0. The molecule has 0 fully saturated rings. The van der Waals surface area contributed by atoms with Gasteiger partial charge in [-0.2, -0.15) is 0 Å². The lowest BCUT2D eigenvalue weighted by atomic mass is 9.96. The molecule has 3 rings (SSSR count). The first-order valence-electron chi connectivity index (χ1n) is 6.66. The molecule has 1 aliphatic carbocycles. The van der Waals surface area contributed by atoms with E-state index in [1.54, 1.807) is 6.92 Å². The molecule has 18 heavy (non-hydrogen) atoms. The van der Waals surface area contributed by atoms with Gasteiger partial charge in [-0.1, -0.05) is 13.0 Å². The van der Waals surface area contributed by atoms with Crippen molar-refractivity contribution < 1.29 is 4.79 Å². The second-order valence-corrected chi connectivity index (χ2v) is 5.03. The highest BCUT2D eigenvalue weighted by molar-refractivity contribution is 6.08. The first-order chi connectivity index (χ1) is 8.70. The van der Waals surface area contributed by atoms with Gasteiger partial charge in [0.25, 0.3) is 0 Å². The number of benzene rings is 1. The average molecular weight is 239 g/mol. The summed E-state index contributed by atoms with van der Waals surface area (Å²) in [6, 6.07) is 6.30. The van der Waals surface area contributed by atoms with Crippen LogP contribution in [0.2, 0.25) is 0 Å². The second kappa shape index (κ2) is 4.20.